The lowest BCUT2D eigenvalue weighted by atomic mass is 9.87. The van der Waals surface area contributed by atoms with Gasteiger partial charge in [0.05, 0.1) is 13.2 Å². The fourth-order valence-corrected chi connectivity index (χ4v) is 2.98. The monoisotopic (exact) mass is 329 g/mol. The van der Waals surface area contributed by atoms with Gasteiger partial charge in [-0.25, -0.2) is 0 Å². The second-order valence-corrected chi connectivity index (χ2v) is 6.59. The largest absolute Gasteiger partial charge is 0.395 e. The lowest BCUT2D eigenvalue weighted by Gasteiger charge is -2.32. The first kappa shape index (κ1) is 16.2. The fourth-order valence-electron chi connectivity index (χ4n) is 2.98. The highest BCUT2D eigenvalue weighted by molar-refractivity contribution is 6.17. The number of benzene rings is 1. The Kier molecular flexibility index (Phi) is 3.88. The number of fused-ring (bicyclic) bond motifs is 1. The van der Waals surface area contributed by atoms with Gasteiger partial charge in [0, 0.05) is 22.9 Å². The number of anilines is 1. The molecule has 0 saturated heterocycles. The minimum absolute atomic E-state index is 0.0407. The van der Waals surface area contributed by atoms with E-state index in [2.05, 4.69) is 10.6 Å². The van der Waals surface area contributed by atoms with Crippen molar-refractivity contribution >= 4 is 23.4 Å². The molecule has 0 aliphatic carbocycles. The predicted octanol–water partition coefficient (Wildman–Crippen LogP) is 0.408. The van der Waals surface area contributed by atoms with Gasteiger partial charge in [-0.15, -0.1) is 0 Å². The first-order valence-electron chi connectivity index (χ1n) is 7.71. The summed E-state index contributed by atoms with van der Waals surface area (Å²) in [6.07, 6.45) is 1.92. The van der Waals surface area contributed by atoms with E-state index in [-0.39, 0.29) is 30.3 Å². The van der Waals surface area contributed by atoms with Gasteiger partial charge < -0.3 is 15.7 Å². The summed E-state index contributed by atoms with van der Waals surface area (Å²) in [6, 6.07) is 5.31. The predicted molar refractivity (Wildman–Crippen MR) is 87.2 cm³/mol. The molecule has 126 valence electrons. The quantitative estimate of drug-likeness (QED) is 0.695. The van der Waals surface area contributed by atoms with Gasteiger partial charge in [-0.2, -0.15) is 0 Å². The zero-order valence-electron chi connectivity index (χ0n) is 13.5. The van der Waals surface area contributed by atoms with Gasteiger partial charge in [0.1, 0.15) is 5.70 Å². The molecule has 0 unspecified atom stereocenters. The van der Waals surface area contributed by atoms with Crippen molar-refractivity contribution in [3.05, 3.63) is 41.1 Å². The van der Waals surface area contributed by atoms with Gasteiger partial charge >= 0.3 is 0 Å². The van der Waals surface area contributed by atoms with Crippen molar-refractivity contribution in [2.24, 2.45) is 0 Å². The SMILES string of the molecule is CC1(C)Cc2ccc(NC3=CC(=O)N(CCO)C3=O)cc2C(=O)N1. The van der Waals surface area contributed by atoms with Gasteiger partial charge in [0.15, 0.2) is 0 Å². The van der Waals surface area contributed by atoms with Crippen LogP contribution in [0.2, 0.25) is 0 Å². The van der Waals surface area contributed by atoms with Crippen molar-refractivity contribution in [3.63, 3.8) is 0 Å². The van der Waals surface area contributed by atoms with Crippen LogP contribution in [0.1, 0.15) is 29.8 Å². The second kappa shape index (κ2) is 5.76. The molecule has 0 aromatic heterocycles. The van der Waals surface area contributed by atoms with E-state index in [0.29, 0.717) is 11.3 Å². The summed E-state index contributed by atoms with van der Waals surface area (Å²) in [5, 5.41) is 14.7. The third-order valence-electron chi connectivity index (χ3n) is 4.05. The van der Waals surface area contributed by atoms with Crippen LogP contribution in [0.25, 0.3) is 0 Å². The van der Waals surface area contributed by atoms with Gasteiger partial charge in [-0.3, -0.25) is 19.3 Å². The van der Waals surface area contributed by atoms with Crippen LogP contribution >= 0.6 is 0 Å². The van der Waals surface area contributed by atoms with E-state index in [1.165, 1.54) is 6.08 Å². The molecule has 0 fully saturated rings. The van der Waals surface area contributed by atoms with Crippen LogP contribution in [0, 0.1) is 0 Å². The molecule has 7 nitrogen and oxygen atoms in total. The van der Waals surface area contributed by atoms with Gasteiger partial charge in [0.25, 0.3) is 17.7 Å². The molecule has 3 N–H and O–H groups in total. The van der Waals surface area contributed by atoms with Crippen molar-refractivity contribution in [1.29, 1.82) is 0 Å². The standard InChI is InChI=1S/C17H19N3O4/c1-17(2)9-10-3-4-11(7-12(10)15(23)19-17)18-13-8-14(22)20(5-6-21)16(13)24/h3-4,7-8,18,21H,5-6,9H2,1-2H3,(H,19,23). The number of nitrogens with one attached hydrogen (secondary N) is 2. The highest BCUT2D eigenvalue weighted by atomic mass is 16.3. The molecule has 3 rings (SSSR count). The number of carbonyl (C=O) groups excluding carboxylic acids is 3. The number of β-amino-alcohol motifs (C(OH)–C–C–N with tert-alkyl or cyclic N) is 1. The van der Waals surface area contributed by atoms with Crippen molar-refractivity contribution in [3.8, 4) is 0 Å². The smallest absolute Gasteiger partial charge is 0.277 e. The molecule has 2 aliphatic heterocycles. The minimum Gasteiger partial charge on any atom is -0.395 e. The Bertz CT molecular complexity index is 767. The Balaban J connectivity index is 1.82. The molecule has 0 saturated carbocycles. The van der Waals surface area contributed by atoms with Gasteiger partial charge in [-0.05, 0) is 38.0 Å². The summed E-state index contributed by atoms with van der Waals surface area (Å²) in [7, 11) is 0. The first-order valence-corrected chi connectivity index (χ1v) is 7.71. The van der Waals surface area contributed by atoms with E-state index >= 15 is 0 Å². The summed E-state index contributed by atoms with van der Waals surface area (Å²) in [6.45, 7) is 3.60. The molecule has 0 atom stereocenters. The number of rotatable bonds is 4. The number of nitrogens with zero attached hydrogens (tertiary/aromatic N) is 1. The normalized spacial score (nSPS) is 19.0. The summed E-state index contributed by atoms with van der Waals surface area (Å²) in [5.41, 5.74) is 1.90. The van der Waals surface area contributed by atoms with E-state index < -0.39 is 11.8 Å². The molecule has 2 heterocycles. The van der Waals surface area contributed by atoms with Crippen LogP contribution in [-0.4, -0.2) is 46.4 Å². The van der Waals surface area contributed by atoms with Crippen molar-refractivity contribution in [1.82, 2.24) is 10.2 Å². The van der Waals surface area contributed by atoms with Crippen LogP contribution in [0.15, 0.2) is 30.0 Å². The first-order chi connectivity index (χ1) is 11.3. The number of aliphatic hydroxyl groups is 1. The highest BCUT2D eigenvalue weighted by Gasteiger charge is 2.32. The molecule has 0 spiro atoms. The number of imide groups is 1. The van der Waals surface area contributed by atoms with Crippen LogP contribution in [-0.2, 0) is 16.0 Å². The Morgan fingerprint density at radius 3 is 2.75 bits per heavy atom. The number of hydrogen-bond donors (Lipinski definition) is 3. The zero-order chi connectivity index (χ0) is 17.5. The van der Waals surface area contributed by atoms with Gasteiger partial charge in [-0.1, -0.05) is 6.07 Å². The van der Waals surface area contributed by atoms with Crippen molar-refractivity contribution in [2.75, 3.05) is 18.5 Å². The number of carbonyl (C=O) groups is 3. The Labute approximate surface area is 139 Å². The molecular formula is C17H19N3O4. The molecule has 2 aliphatic rings. The van der Waals surface area contributed by atoms with E-state index in [0.717, 1.165) is 16.9 Å². The maximum atomic E-state index is 12.2. The summed E-state index contributed by atoms with van der Waals surface area (Å²) in [4.78, 5) is 37.1. The molecular weight excluding hydrogens is 310 g/mol. The Morgan fingerprint density at radius 2 is 2.04 bits per heavy atom. The van der Waals surface area contributed by atoms with E-state index in [4.69, 9.17) is 5.11 Å². The third kappa shape index (κ3) is 2.90. The molecule has 0 bridgehead atoms. The van der Waals surface area contributed by atoms with Crippen LogP contribution in [0.5, 0.6) is 0 Å². The van der Waals surface area contributed by atoms with E-state index in [9.17, 15) is 14.4 Å². The number of aliphatic hydroxyl groups excluding tert-OH is 1. The summed E-state index contributed by atoms with van der Waals surface area (Å²) in [5.74, 6) is -1.11. The maximum absolute atomic E-state index is 12.2. The molecule has 7 heteroatoms. The number of amides is 3. The zero-order valence-corrected chi connectivity index (χ0v) is 13.5. The minimum atomic E-state index is -0.489. The summed E-state index contributed by atoms with van der Waals surface area (Å²) < 4.78 is 0. The van der Waals surface area contributed by atoms with Crippen molar-refractivity contribution in [2.45, 2.75) is 25.8 Å². The average molecular weight is 329 g/mol. The van der Waals surface area contributed by atoms with Crippen LogP contribution < -0.4 is 10.6 Å². The highest BCUT2D eigenvalue weighted by Crippen LogP contribution is 2.26. The van der Waals surface area contributed by atoms with Crippen LogP contribution in [0.4, 0.5) is 5.69 Å². The summed E-state index contributed by atoms with van der Waals surface area (Å²) >= 11 is 0. The molecule has 0 radical (unpaired) electrons. The van der Waals surface area contributed by atoms with Gasteiger partial charge in [0.2, 0.25) is 0 Å². The third-order valence-corrected chi connectivity index (χ3v) is 4.05. The van der Waals surface area contributed by atoms with E-state index in [1.807, 2.05) is 19.9 Å². The number of hydrogen-bond acceptors (Lipinski definition) is 5. The second-order valence-electron chi connectivity index (χ2n) is 6.59. The Morgan fingerprint density at radius 1 is 1.29 bits per heavy atom. The van der Waals surface area contributed by atoms with Crippen LogP contribution in [0.3, 0.4) is 0 Å². The fraction of sp³-hybridized carbons (Fsp3) is 0.353. The maximum Gasteiger partial charge on any atom is 0.277 e. The molecule has 3 amide bonds. The molecule has 24 heavy (non-hydrogen) atoms. The van der Waals surface area contributed by atoms with E-state index in [1.54, 1.807) is 12.1 Å². The molecule has 1 aromatic rings. The lowest BCUT2D eigenvalue weighted by molar-refractivity contribution is -0.137. The topological polar surface area (TPSA) is 98.7 Å². The Hall–Kier alpha value is -2.67. The average Bonchev–Trinajstić information content (AvgIpc) is 2.75. The molecule has 1 aromatic carbocycles. The lowest BCUT2D eigenvalue weighted by Crippen LogP contribution is -2.49. The van der Waals surface area contributed by atoms with Crippen molar-refractivity contribution < 1.29 is 19.5 Å².